The molecule has 0 aromatic heterocycles. The average molecular weight is 496 g/mol. The Bertz CT molecular complexity index is 1370. The first-order chi connectivity index (χ1) is 17.8. The summed E-state index contributed by atoms with van der Waals surface area (Å²) in [5, 5.41) is 11.5. The van der Waals surface area contributed by atoms with Gasteiger partial charge in [0.2, 0.25) is 0 Å². The SMILES string of the molecule is Cc1cccc(N2C(=O)C(=O)/C(=C(\O)c3ccc4c(c3)CCCC4)C2c2ccc(OCC(C)C)cc2)c1. The third-order valence-electron chi connectivity index (χ3n) is 7.13. The van der Waals surface area contributed by atoms with Crippen LogP contribution >= 0.6 is 0 Å². The van der Waals surface area contributed by atoms with Crippen LogP contribution in [0.2, 0.25) is 0 Å². The molecule has 5 nitrogen and oxygen atoms in total. The maximum atomic E-state index is 13.5. The predicted octanol–water partition coefficient (Wildman–Crippen LogP) is 6.53. The molecule has 0 spiro atoms. The Balaban J connectivity index is 1.62. The summed E-state index contributed by atoms with van der Waals surface area (Å²) in [7, 11) is 0. The molecule has 1 fully saturated rings. The smallest absolute Gasteiger partial charge is 0.300 e. The first-order valence-electron chi connectivity index (χ1n) is 13.1. The van der Waals surface area contributed by atoms with E-state index in [0.29, 0.717) is 23.8 Å². The number of benzene rings is 3. The van der Waals surface area contributed by atoms with E-state index in [2.05, 4.69) is 13.8 Å². The Morgan fingerprint density at radius 2 is 1.70 bits per heavy atom. The van der Waals surface area contributed by atoms with Crippen molar-refractivity contribution in [2.24, 2.45) is 5.92 Å². The Morgan fingerprint density at radius 1 is 0.973 bits per heavy atom. The van der Waals surface area contributed by atoms with Crippen molar-refractivity contribution in [1.82, 2.24) is 0 Å². The van der Waals surface area contributed by atoms with E-state index in [9.17, 15) is 14.7 Å². The van der Waals surface area contributed by atoms with Crippen LogP contribution in [0.5, 0.6) is 5.75 Å². The number of fused-ring (bicyclic) bond motifs is 1. The summed E-state index contributed by atoms with van der Waals surface area (Å²) in [4.78, 5) is 28.4. The molecule has 1 aliphatic carbocycles. The van der Waals surface area contributed by atoms with Crippen molar-refractivity contribution in [3.63, 3.8) is 0 Å². The number of ether oxygens (including phenoxy) is 1. The van der Waals surface area contributed by atoms with Gasteiger partial charge >= 0.3 is 0 Å². The van der Waals surface area contributed by atoms with Crippen molar-refractivity contribution >= 4 is 23.1 Å². The van der Waals surface area contributed by atoms with Crippen molar-refractivity contribution in [2.45, 2.75) is 52.5 Å². The number of aryl methyl sites for hydroxylation is 3. The van der Waals surface area contributed by atoms with Crippen molar-refractivity contribution in [3.05, 3.63) is 100 Å². The summed E-state index contributed by atoms with van der Waals surface area (Å²) >= 11 is 0. The highest BCUT2D eigenvalue weighted by Crippen LogP contribution is 2.43. The van der Waals surface area contributed by atoms with Gasteiger partial charge in [-0.25, -0.2) is 0 Å². The second-order valence-electron chi connectivity index (χ2n) is 10.5. The molecule has 0 bridgehead atoms. The third-order valence-corrected chi connectivity index (χ3v) is 7.13. The van der Waals surface area contributed by atoms with Gasteiger partial charge in [0, 0.05) is 11.3 Å². The lowest BCUT2D eigenvalue weighted by atomic mass is 9.88. The molecule has 5 heteroatoms. The molecular weight excluding hydrogens is 462 g/mol. The molecule has 1 amide bonds. The van der Waals surface area contributed by atoms with Crippen LogP contribution in [0, 0.1) is 12.8 Å². The van der Waals surface area contributed by atoms with Gasteiger partial charge in [0.15, 0.2) is 0 Å². The normalized spacial score (nSPS) is 18.8. The Hall–Kier alpha value is -3.86. The van der Waals surface area contributed by atoms with Crippen LogP contribution in [0.3, 0.4) is 0 Å². The number of hydrogen-bond donors (Lipinski definition) is 1. The molecule has 0 saturated carbocycles. The van der Waals surface area contributed by atoms with Crippen molar-refractivity contribution in [3.8, 4) is 5.75 Å². The Morgan fingerprint density at radius 3 is 2.41 bits per heavy atom. The van der Waals surface area contributed by atoms with Gasteiger partial charge in [0.05, 0.1) is 18.2 Å². The molecule has 190 valence electrons. The minimum Gasteiger partial charge on any atom is -0.507 e. The molecule has 2 aliphatic rings. The van der Waals surface area contributed by atoms with Gasteiger partial charge in [0.1, 0.15) is 11.5 Å². The molecule has 0 radical (unpaired) electrons. The highest BCUT2D eigenvalue weighted by molar-refractivity contribution is 6.51. The van der Waals surface area contributed by atoms with E-state index in [4.69, 9.17) is 4.74 Å². The predicted molar refractivity (Wildman–Crippen MR) is 146 cm³/mol. The van der Waals surface area contributed by atoms with Crippen LogP contribution in [0.4, 0.5) is 5.69 Å². The maximum absolute atomic E-state index is 13.5. The second-order valence-corrected chi connectivity index (χ2v) is 10.5. The van der Waals surface area contributed by atoms with Gasteiger partial charge in [0.25, 0.3) is 11.7 Å². The summed E-state index contributed by atoms with van der Waals surface area (Å²) in [5.41, 5.74) is 5.50. The standard InChI is InChI=1S/C32H33NO4/c1-20(2)19-37-27-15-13-23(14-16-27)29-28(30(34)25-12-11-22-8-4-5-9-24(22)18-25)31(35)32(36)33(29)26-10-6-7-21(3)17-26/h6-7,10-18,20,29,34H,4-5,8-9,19H2,1-3H3/b30-28-. The van der Waals surface area contributed by atoms with Crippen molar-refractivity contribution < 1.29 is 19.4 Å². The molecule has 1 aliphatic heterocycles. The lowest BCUT2D eigenvalue weighted by Crippen LogP contribution is -2.29. The maximum Gasteiger partial charge on any atom is 0.300 e. The number of hydrogen-bond acceptors (Lipinski definition) is 4. The van der Waals surface area contributed by atoms with Crippen LogP contribution < -0.4 is 9.64 Å². The number of aliphatic hydroxyl groups excluding tert-OH is 1. The molecule has 1 N–H and O–H groups in total. The minimum absolute atomic E-state index is 0.109. The van der Waals surface area contributed by atoms with E-state index >= 15 is 0 Å². The number of carbonyl (C=O) groups excluding carboxylic acids is 2. The van der Waals surface area contributed by atoms with Crippen LogP contribution in [0.1, 0.15) is 60.5 Å². The number of amides is 1. The fourth-order valence-corrected chi connectivity index (χ4v) is 5.24. The number of nitrogens with zero attached hydrogens (tertiary/aromatic N) is 1. The summed E-state index contributed by atoms with van der Waals surface area (Å²) in [6.45, 7) is 6.72. The van der Waals surface area contributed by atoms with Crippen LogP contribution in [-0.4, -0.2) is 23.4 Å². The lowest BCUT2D eigenvalue weighted by Gasteiger charge is -2.26. The number of aliphatic hydroxyl groups is 1. The number of rotatable bonds is 6. The van der Waals surface area contributed by atoms with Gasteiger partial charge in [-0.1, -0.05) is 50.2 Å². The van der Waals surface area contributed by atoms with E-state index in [-0.39, 0.29) is 11.3 Å². The van der Waals surface area contributed by atoms with Gasteiger partial charge in [-0.15, -0.1) is 0 Å². The zero-order valence-corrected chi connectivity index (χ0v) is 21.7. The van der Waals surface area contributed by atoms with Gasteiger partial charge in [-0.2, -0.15) is 0 Å². The highest BCUT2D eigenvalue weighted by atomic mass is 16.5. The summed E-state index contributed by atoms with van der Waals surface area (Å²) in [6.07, 6.45) is 4.26. The summed E-state index contributed by atoms with van der Waals surface area (Å²) in [5.74, 6) is -0.339. The fraction of sp³-hybridized carbons (Fsp3) is 0.312. The molecule has 1 saturated heterocycles. The summed E-state index contributed by atoms with van der Waals surface area (Å²) < 4.78 is 5.84. The van der Waals surface area contributed by atoms with Gasteiger partial charge in [-0.05, 0) is 91.1 Å². The largest absolute Gasteiger partial charge is 0.507 e. The van der Waals surface area contributed by atoms with E-state index in [1.165, 1.54) is 16.0 Å². The molecule has 37 heavy (non-hydrogen) atoms. The van der Waals surface area contributed by atoms with E-state index in [1.54, 1.807) is 0 Å². The van der Waals surface area contributed by atoms with Crippen LogP contribution in [-0.2, 0) is 22.4 Å². The van der Waals surface area contributed by atoms with E-state index < -0.39 is 17.7 Å². The topological polar surface area (TPSA) is 66.8 Å². The first kappa shape index (κ1) is 24.8. The Labute approximate surface area is 218 Å². The Kier molecular flexibility index (Phi) is 6.88. The van der Waals surface area contributed by atoms with Crippen molar-refractivity contribution in [2.75, 3.05) is 11.5 Å². The second kappa shape index (κ2) is 10.3. The first-order valence-corrected chi connectivity index (χ1v) is 13.1. The molecule has 1 unspecified atom stereocenters. The number of ketones is 1. The number of Topliss-reactive ketones (excluding diaryl/α,β-unsaturated/α-hetero) is 1. The quantitative estimate of drug-likeness (QED) is 0.240. The fourth-order valence-electron chi connectivity index (χ4n) is 5.24. The molecular formula is C32H33NO4. The minimum atomic E-state index is -0.753. The van der Waals surface area contributed by atoms with E-state index in [0.717, 1.165) is 42.6 Å². The number of carbonyl (C=O) groups is 2. The van der Waals surface area contributed by atoms with Crippen molar-refractivity contribution in [1.29, 1.82) is 0 Å². The monoisotopic (exact) mass is 495 g/mol. The van der Waals surface area contributed by atoms with Crippen LogP contribution in [0.15, 0.2) is 72.3 Å². The van der Waals surface area contributed by atoms with Gasteiger partial charge in [-0.3, -0.25) is 14.5 Å². The average Bonchev–Trinajstić information content (AvgIpc) is 3.17. The summed E-state index contributed by atoms with van der Waals surface area (Å²) in [6, 6.07) is 20.1. The lowest BCUT2D eigenvalue weighted by molar-refractivity contribution is -0.132. The van der Waals surface area contributed by atoms with Gasteiger partial charge < -0.3 is 9.84 Å². The zero-order chi connectivity index (χ0) is 26.1. The highest BCUT2D eigenvalue weighted by Gasteiger charge is 2.47. The molecule has 5 rings (SSSR count). The molecule has 3 aromatic rings. The number of anilines is 1. The molecule has 1 atom stereocenters. The van der Waals surface area contributed by atoms with Crippen LogP contribution in [0.25, 0.3) is 5.76 Å². The van der Waals surface area contributed by atoms with E-state index in [1.807, 2.05) is 73.7 Å². The zero-order valence-electron chi connectivity index (χ0n) is 21.7. The third kappa shape index (κ3) is 4.91. The molecule has 1 heterocycles. The molecule has 3 aromatic carbocycles.